The van der Waals surface area contributed by atoms with Crippen molar-refractivity contribution in [3.05, 3.63) is 22.7 Å². The normalized spacial score (nSPS) is 23.6. The summed E-state index contributed by atoms with van der Waals surface area (Å²) in [4.78, 5) is 0.214. The maximum absolute atomic E-state index is 12.0. The Morgan fingerprint density at radius 1 is 1.53 bits per heavy atom. The van der Waals surface area contributed by atoms with Crippen LogP contribution in [0.2, 0.25) is 0 Å². The molecule has 0 heterocycles. The van der Waals surface area contributed by atoms with E-state index >= 15 is 0 Å². The highest BCUT2D eigenvalue weighted by molar-refractivity contribution is 9.10. The molecule has 0 aliphatic heterocycles. The van der Waals surface area contributed by atoms with Crippen LogP contribution in [-0.2, 0) is 10.0 Å². The zero-order valence-electron chi connectivity index (χ0n) is 9.48. The van der Waals surface area contributed by atoms with E-state index in [1.807, 2.05) is 0 Å². The highest BCUT2D eigenvalue weighted by Crippen LogP contribution is 2.37. The second-order valence-corrected chi connectivity index (χ2v) is 7.13. The van der Waals surface area contributed by atoms with E-state index in [0.29, 0.717) is 28.5 Å². The molecule has 1 aromatic rings. The molecule has 17 heavy (non-hydrogen) atoms. The number of nitrogens with two attached hydrogens (primary N) is 1. The lowest BCUT2D eigenvalue weighted by molar-refractivity contribution is 0.574. The summed E-state index contributed by atoms with van der Waals surface area (Å²) in [7, 11) is -3.43. The molecular formula is C11H15BrN2O2S. The van der Waals surface area contributed by atoms with E-state index in [4.69, 9.17) is 5.73 Å². The third-order valence-corrected chi connectivity index (χ3v) is 5.23. The highest BCUT2D eigenvalue weighted by Gasteiger charge is 2.33. The minimum absolute atomic E-state index is 0.214. The van der Waals surface area contributed by atoms with E-state index in [1.165, 1.54) is 6.07 Å². The Morgan fingerprint density at radius 2 is 2.18 bits per heavy atom. The highest BCUT2D eigenvalue weighted by atomic mass is 79.9. The summed E-state index contributed by atoms with van der Waals surface area (Å²) in [5.74, 6) is 1.12. The van der Waals surface area contributed by atoms with Crippen molar-refractivity contribution in [3.8, 4) is 0 Å². The number of hydrogen-bond donors (Lipinski definition) is 2. The lowest BCUT2D eigenvalue weighted by atomic mass is 10.3. The molecule has 4 nitrogen and oxygen atoms in total. The van der Waals surface area contributed by atoms with Crippen LogP contribution in [0.15, 0.2) is 27.6 Å². The molecule has 0 saturated heterocycles. The van der Waals surface area contributed by atoms with Gasteiger partial charge in [-0.3, -0.25) is 0 Å². The van der Waals surface area contributed by atoms with Crippen molar-refractivity contribution in [3.63, 3.8) is 0 Å². The van der Waals surface area contributed by atoms with Gasteiger partial charge in [0.2, 0.25) is 10.0 Å². The van der Waals surface area contributed by atoms with Crippen LogP contribution in [0.1, 0.15) is 13.3 Å². The molecular weight excluding hydrogens is 304 g/mol. The van der Waals surface area contributed by atoms with Crippen LogP contribution in [0, 0.1) is 11.8 Å². The Labute approximate surface area is 110 Å². The van der Waals surface area contributed by atoms with E-state index in [2.05, 4.69) is 27.6 Å². The molecule has 2 unspecified atom stereocenters. The molecule has 1 fully saturated rings. The molecule has 2 atom stereocenters. The van der Waals surface area contributed by atoms with Crippen LogP contribution < -0.4 is 10.5 Å². The second-order valence-electron chi connectivity index (χ2n) is 4.51. The van der Waals surface area contributed by atoms with Crippen molar-refractivity contribution in [2.24, 2.45) is 11.8 Å². The summed E-state index contributed by atoms with van der Waals surface area (Å²) in [5, 5.41) is 0. The summed E-state index contributed by atoms with van der Waals surface area (Å²) in [6, 6.07) is 4.64. The summed E-state index contributed by atoms with van der Waals surface area (Å²) in [6.07, 6.45) is 1.10. The first-order valence-corrected chi connectivity index (χ1v) is 7.72. The fourth-order valence-electron chi connectivity index (χ4n) is 1.67. The van der Waals surface area contributed by atoms with E-state index in [-0.39, 0.29) is 4.90 Å². The van der Waals surface area contributed by atoms with Gasteiger partial charge in [0.1, 0.15) is 0 Å². The van der Waals surface area contributed by atoms with Gasteiger partial charge < -0.3 is 5.73 Å². The first kappa shape index (κ1) is 12.9. The van der Waals surface area contributed by atoms with Gasteiger partial charge in [-0.1, -0.05) is 6.92 Å². The molecule has 0 bridgehead atoms. The molecule has 1 aliphatic rings. The van der Waals surface area contributed by atoms with Gasteiger partial charge in [0.05, 0.1) is 4.90 Å². The Balaban J connectivity index is 2.10. The second kappa shape index (κ2) is 4.59. The Kier molecular flexibility index (Phi) is 3.47. The monoisotopic (exact) mass is 318 g/mol. The first-order valence-electron chi connectivity index (χ1n) is 5.45. The largest absolute Gasteiger partial charge is 0.398 e. The minimum atomic E-state index is -3.43. The summed E-state index contributed by atoms with van der Waals surface area (Å²) >= 11 is 3.24. The first-order chi connectivity index (χ1) is 7.90. The number of benzene rings is 1. The average Bonchev–Trinajstić information content (AvgIpc) is 2.96. The number of nitrogens with one attached hydrogen (secondary N) is 1. The number of hydrogen-bond acceptors (Lipinski definition) is 3. The third kappa shape index (κ3) is 3.00. The van der Waals surface area contributed by atoms with Gasteiger partial charge in [-0.2, -0.15) is 0 Å². The van der Waals surface area contributed by atoms with Crippen LogP contribution in [0.4, 0.5) is 5.69 Å². The molecule has 1 aliphatic carbocycles. The Hall–Kier alpha value is -0.590. The molecule has 0 amide bonds. The summed E-state index contributed by atoms with van der Waals surface area (Å²) in [5.41, 5.74) is 6.09. The molecule has 0 spiro atoms. The maximum atomic E-state index is 12.0. The average molecular weight is 319 g/mol. The quantitative estimate of drug-likeness (QED) is 0.834. The summed E-state index contributed by atoms with van der Waals surface area (Å²) < 4.78 is 27.2. The van der Waals surface area contributed by atoms with Gasteiger partial charge in [-0.05, 0) is 52.4 Å². The molecule has 1 aromatic carbocycles. The van der Waals surface area contributed by atoms with Crippen molar-refractivity contribution in [2.75, 3.05) is 12.3 Å². The van der Waals surface area contributed by atoms with Gasteiger partial charge in [-0.25, -0.2) is 13.1 Å². The third-order valence-electron chi connectivity index (χ3n) is 3.09. The van der Waals surface area contributed by atoms with Crippen LogP contribution in [-0.4, -0.2) is 15.0 Å². The number of sulfonamides is 1. The maximum Gasteiger partial charge on any atom is 0.240 e. The van der Waals surface area contributed by atoms with Crippen molar-refractivity contribution in [2.45, 2.75) is 18.2 Å². The van der Waals surface area contributed by atoms with Crippen molar-refractivity contribution < 1.29 is 8.42 Å². The SMILES string of the molecule is CC1CC1CNS(=O)(=O)c1ccc(Br)c(N)c1. The van der Waals surface area contributed by atoms with E-state index in [9.17, 15) is 8.42 Å². The summed E-state index contributed by atoms with van der Waals surface area (Å²) in [6.45, 7) is 2.63. The number of anilines is 1. The molecule has 0 radical (unpaired) electrons. The number of nitrogen functional groups attached to an aromatic ring is 1. The van der Waals surface area contributed by atoms with Crippen LogP contribution in [0.5, 0.6) is 0 Å². The van der Waals surface area contributed by atoms with Gasteiger partial charge in [-0.15, -0.1) is 0 Å². The van der Waals surface area contributed by atoms with Crippen LogP contribution in [0.3, 0.4) is 0 Å². The minimum Gasteiger partial charge on any atom is -0.398 e. The lowest BCUT2D eigenvalue weighted by Crippen LogP contribution is -2.26. The van der Waals surface area contributed by atoms with Crippen LogP contribution in [0.25, 0.3) is 0 Å². The lowest BCUT2D eigenvalue weighted by Gasteiger charge is -2.07. The van der Waals surface area contributed by atoms with Crippen molar-refractivity contribution >= 4 is 31.6 Å². The Bertz CT molecular complexity index is 530. The topological polar surface area (TPSA) is 72.2 Å². The molecule has 1 saturated carbocycles. The molecule has 0 aromatic heterocycles. The van der Waals surface area contributed by atoms with E-state index in [0.717, 1.165) is 6.42 Å². The van der Waals surface area contributed by atoms with Gasteiger partial charge in [0.15, 0.2) is 0 Å². The van der Waals surface area contributed by atoms with Gasteiger partial charge in [0, 0.05) is 16.7 Å². The Morgan fingerprint density at radius 3 is 2.71 bits per heavy atom. The van der Waals surface area contributed by atoms with Crippen LogP contribution >= 0.6 is 15.9 Å². The van der Waals surface area contributed by atoms with Gasteiger partial charge >= 0.3 is 0 Å². The standard InChI is InChI=1S/C11H15BrN2O2S/c1-7-4-8(7)6-14-17(15,16)9-2-3-10(12)11(13)5-9/h2-3,5,7-8,14H,4,6,13H2,1H3. The zero-order chi connectivity index (χ0) is 12.6. The fourth-order valence-corrected chi connectivity index (χ4v) is 3.05. The van der Waals surface area contributed by atoms with Crippen molar-refractivity contribution in [1.82, 2.24) is 4.72 Å². The molecule has 3 N–H and O–H groups in total. The molecule has 2 rings (SSSR count). The number of rotatable bonds is 4. The smallest absolute Gasteiger partial charge is 0.240 e. The predicted molar refractivity (Wildman–Crippen MR) is 71.0 cm³/mol. The fraction of sp³-hybridized carbons (Fsp3) is 0.455. The van der Waals surface area contributed by atoms with Gasteiger partial charge in [0.25, 0.3) is 0 Å². The number of halogens is 1. The van der Waals surface area contributed by atoms with E-state index in [1.54, 1.807) is 12.1 Å². The molecule has 94 valence electrons. The zero-order valence-corrected chi connectivity index (χ0v) is 11.9. The van der Waals surface area contributed by atoms with Crippen molar-refractivity contribution in [1.29, 1.82) is 0 Å². The van der Waals surface area contributed by atoms with E-state index < -0.39 is 10.0 Å². The molecule has 6 heteroatoms. The predicted octanol–water partition coefficient (Wildman–Crippen LogP) is 1.97.